The van der Waals surface area contributed by atoms with E-state index in [4.69, 9.17) is 4.74 Å². The Balaban J connectivity index is 1.58. The first kappa shape index (κ1) is 21.8. The standard InChI is InChI=1S/C23H25N3O3S/c1-14-18(15(2)25-23(24-14)30-4)12-13-21(27)29-16(3)22(28)26-20-11-7-9-17-8-5-6-10-19(17)20/h5-11,16H,12-13H2,1-4H3,(H,26,28). The molecule has 0 spiro atoms. The van der Waals surface area contributed by atoms with E-state index in [1.807, 2.05) is 62.6 Å². The van der Waals surface area contributed by atoms with Gasteiger partial charge in [-0.15, -0.1) is 0 Å². The van der Waals surface area contributed by atoms with Crippen molar-refractivity contribution in [2.24, 2.45) is 0 Å². The molecule has 3 aromatic rings. The van der Waals surface area contributed by atoms with Gasteiger partial charge < -0.3 is 10.1 Å². The van der Waals surface area contributed by atoms with Crippen molar-refractivity contribution in [1.82, 2.24) is 9.97 Å². The van der Waals surface area contributed by atoms with Crippen molar-refractivity contribution in [2.75, 3.05) is 11.6 Å². The number of amides is 1. The molecule has 1 atom stereocenters. The number of nitrogens with one attached hydrogen (secondary N) is 1. The number of hydrogen-bond acceptors (Lipinski definition) is 6. The summed E-state index contributed by atoms with van der Waals surface area (Å²) >= 11 is 1.48. The van der Waals surface area contributed by atoms with Gasteiger partial charge in [-0.25, -0.2) is 9.97 Å². The van der Waals surface area contributed by atoms with Gasteiger partial charge in [0, 0.05) is 28.9 Å². The molecule has 1 amide bonds. The summed E-state index contributed by atoms with van der Waals surface area (Å²) in [6.45, 7) is 5.40. The molecule has 0 bridgehead atoms. The van der Waals surface area contributed by atoms with E-state index in [0.29, 0.717) is 12.1 Å². The fourth-order valence-electron chi connectivity index (χ4n) is 3.27. The summed E-state index contributed by atoms with van der Waals surface area (Å²) in [5, 5.41) is 5.54. The minimum atomic E-state index is -0.895. The Bertz CT molecular complexity index is 1060. The molecule has 7 heteroatoms. The molecule has 0 fully saturated rings. The number of aryl methyl sites for hydroxylation is 2. The molecule has 1 unspecified atom stereocenters. The lowest BCUT2D eigenvalue weighted by molar-refractivity contribution is -0.153. The first-order valence-corrected chi connectivity index (χ1v) is 11.0. The Morgan fingerprint density at radius 1 is 1.07 bits per heavy atom. The van der Waals surface area contributed by atoms with E-state index >= 15 is 0 Å². The van der Waals surface area contributed by atoms with Crippen LogP contribution in [0.5, 0.6) is 0 Å². The zero-order valence-electron chi connectivity index (χ0n) is 17.6. The molecule has 30 heavy (non-hydrogen) atoms. The molecule has 0 aliphatic rings. The summed E-state index contributed by atoms with van der Waals surface area (Å²) in [6, 6.07) is 13.5. The molecule has 156 valence electrons. The number of rotatable bonds is 7. The zero-order chi connectivity index (χ0) is 21.7. The van der Waals surface area contributed by atoms with Crippen molar-refractivity contribution < 1.29 is 14.3 Å². The number of nitrogens with zero attached hydrogens (tertiary/aromatic N) is 2. The second-order valence-electron chi connectivity index (χ2n) is 7.01. The molecule has 0 saturated heterocycles. The van der Waals surface area contributed by atoms with Crippen LogP contribution in [0.1, 0.15) is 30.3 Å². The van der Waals surface area contributed by atoms with E-state index in [1.54, 1.807) is 6.92 Å². The number of ether oxygens (including phenoxy) is 1. The average molecular weight is 424 g/mol. The fourth-order valence-corrected chi connectivity index (χ4v) is 3.72. The van der Waals surface area contributed by atoms with Crippen LogP contribution < -0.4 is 5.32 Å². The van der Waals surface area contributed by atoms with Crippen LogP contribution in [0.25, 0.3) is 10.8 Å². The summed E-state index contributed by atoms with van der Waals surface area (Å²) in [7, 11) is 0. The summed E-state index contributed by atoms with van der Waals surface area (Å²) in [5.74, 6) is -0.789. The Kier molecular flexibility index (Phi) is 7.05. The second-order valence-corrected chi connectivity index (χ2v) is 7.78. The van der Waals surface area contributed by atoms with Gasteiger partial charge in [0.2, 0.25) is 0 Å². The van der Waals surface area contributed by atoms with Gasteiger partial charge in [0.1, 0.15) is 0 Å². The number of hydrogen-bond donors (Lipinski definition) is 1. The Morgan fingerprint density at radius 2 is 1.73 bits per heavy atom. The first-order chi connectivity index (χ1) is 14.4. The van der Waals surface area contributed by atoms with Gasteiger partial charge in [-0.1, -0.05) is 48.2 Å². The molecule has 3 rings (SSSR count). The number of esters is 1. The van der Waals surface area contributed by atoms with E-state index < -0.39 is 12.1 Å². The molecule has 0 saturated carbocycles. The van der Waals surface area contributed by atoms with E-state index in [9.17, 15) is 9.59 Å². The van der Waals surface area contributed by atoms with Crippen LogP contribution in [0.2, 0.25) is 0 Å². The van der Waals surface area contributed by atoms with Crippen LogP contribution in [0.15, 0.2) is 47.6 Å². The fraction of sp³-hybridized carbons (Fsp3) is 0.304. The number of benzene rings is 2. The molecule has 6 nitrogen and oxygen atoms in total. The van der Waals surface area contributed by atoms with Crippen LogP contribution in [0, 0.1) is 13.8 Å². The summed E-state index contributed by atoms with van der Waals surface area (Å²) in [6.07, 6.45) is 1.67. The molecule has 1 aromatic heterocycles. The second kappa shape index (κ2) is 9.71. The predicted molar refractivity (Wildman–Crippen MR) is 120 cm³/mol. The highest BCUT2D eigenvalue weighted by Crippen LogP contribution is 2.23. The molecule has 0 aliphatic heterocycles. The SMILES string of the molecule is CSc1nc(C)c(CCC(=O)OC(C)C(=O)Nc2cccc3ccccc23)c(C)n1. The number of carbonyl (C=O) groups excluding carboxylic acids is 2. The molecule has 0 radical (unpaired) electrons. The van der Waals surface area contributed by atoms with Crippen LogP contribution in [0.3, 0.4) is 0 Å². The number of aromatic nitrogens is 2. The predicted octanol–water partition coefficient (Wildman–Crippen LogP) is 4.47. The van der Waals surface area contributed by atoms with Crippen LogP contribution >= 0.6 is 11.8 Å². The summed E-state index contributed by atoms with van der Waals surface area (Å²) < 4.78 is 5.35. The highest BCUT2D eigenvalue weighted by Gasteiger charge is 2.19. The highest BCUT2D eigenvalue weighted by atomic mass is 32.2. The Hall–Kier alpha value is -2.93. The van der Waals surface area contributed by atoms with Gasteiger partial charge in [0.25, 0.3) is 5.91 Å². The largest absolute Gasteiger partial charge is 0.453 e. The van der Waals surface area contributed by atoms with Gasteiger partial charge in [-0.3, -0.25) is 9.59 Å². The minimum absolute atomic E-state index is 0.162. The van der Waals surface area contributed by atoms with Crippen molar-refractivity contribution in [3.05, 3.63) is 59.4 Å². The third-order valence-corrected chi connectivity index (χ3v) is 5.43. The van der Waals surface area contributed by atoms with Gasteiger partial charge >= 0.3 is 5.97 Å². The number of carbonyl (C=O) groups is 2. The summed E-state index contributed by atoms with van der Waals surface area (Å²) in [5.41, 5.74) is 3.36. The monoisotopic (exact) mass is 423 g/mol. The van der Waals surface area contributed by atoms with Crippen molar-refractivity contribution in [2.45, 2.75) is 44.9 Å². The topological polar surface area (TPSA) is 81.2 Å². The summed E-state index contributed by atoms with van der Waals surface area (Å²) in [4.78, 5) is 33.7. The number of anilines is 1. The Labute approximate surface area is 180 Å². The first-order valence-electron chi connectivity index (χ1n) is 9.75. The third kappa shape index (κ3) is 5.16. The van der Waals surface area contributed by atoms with Crippen molar-refractivity contribution in [1.29, 1.82) is 0 Å². The van der Waals surface area contributed by atoms with E-state index in [-0.39, 0.29) is 12.3 Å². The lowest BCUT2D eigenvalue weighted by atomic mass is 10.1. The van der Waals surface area contributed by atoms with Crippen LogP contribution in [-0.4, -0.2) is 34.2 Å². The molecule has 1 heterocycles. The lowest BCUT2D eigenvalue weighted by Gasteiger charge is -2.15. The maximum Gasteiger partial charge on any atom is 0.306 e. The normalized spacial score (nSPS) is 11.9. The van der Waals surface area contributed by atoms with Gasteiger partial charge in [-0.05, 0) is 50.5 Å². The van der Waals surface area contributed by atoms with Crippen molar-refractivity contribution in [3.8, 4) is 0 Å². The maximum absolute atomic E-state index is 12.5. The third-order valence-electron chi connectivity index (χ3n) is 4.89. The van der Waals surface area contributed by atoms with E-state index in [1.165, 1.54) is 11.8 Å². The van der Waals surface area contributed by atoms with E-state index in [2.05, 4.69) is 15.3 Å². The molecule has 0 aliphatic carbocycles. The van der Waals surface area contributed by atoms with Gasteiger partial charge in [-0.2, -0.15) is 0 Å². The molecule has 2 aromatic carbocycles. The minimum Gasteiger partial charge on any atom is -0.453 e. The van der Waals surface area contributed by atoms with E-state index in [0.717, 1.165) is 32.9 Å². The molecular formula is C23H25N3O3S. The highest BCUT2D eigenvalue weighted by molar-refractivity contribution is 7.98. The lowest BCUT2D eigenvalue weighted by Crippen LogP contribution is -2.30. The van der Waals surface area contributed by atoms with Crippen molar-refractivity contribution in [3.63, 3.8) is 0 Å². The van der Waals surface area contributed by atoms with Gasteiger partial charge in [0.15, 0.2) is 11.3 Å². The number of thioether (sulfide) groups is 1. The van der Waals surface area contributed by atoms with Crippen LogP contribution in [-0.2, 0) is 20.7 Å². The quantitative estimate of drug-likeness (QED) is 0.343. The molecule has 1 N–H and O–H groups in total. The van der Waals surface area contributed by atoms with Crippen molar-refractivity contribution >= 4 is 40.1 Å². The van der Waals surface area contributed by atoms with Crippen LogP contribution in [0.4, 0.5) is 5.69 Å². The van der Waals surface area contributed by atoms with Gasteiger partial charge in [0.05, 0.1) is 0 Å². The number of fused-ring (bicyclic) bond motifs is 1. The maximum atomic E-state index is 12.5. The smallest absolute Gasteiger partial charge is 0.306 e. The molecular weight excluding hydrogens is 398 g/mol. The Morgan fingerprint density at radius 3 is 2.43 bits per heavy atom. The average Bonchev–Trinajstić information content (AvgIpc) is 2.73. The zero-order valence-corrected chi connectivity index (χ0v) is 18.4.